The molecule has 0 atom stereocenters. The second-order valence-corrected chi connectivity index (χ2v) is 5.49. The third-order valence-corrected chi connectivity index (χ3v) is 3.27. The molecular weight excluding hydrogens is 170 g/mol. The van der Waals surface area contributed by atoms with Gasteiger partial charge in [-0.2, -0.15) is 0 Å². The second kappa shape index (κ2) is 3.45. The van der Waals surface area contributed by atoms with Crippen LogP contribution in [0.4, 0.5) is 0 Å². The average Bonchev–Trinajstić information content (AvgIpc) is 2.73. The minimum atomic E-state index is 0.284. The Kier molecular flexibility index (Phi) is 2.42. The van der Waals surface area contributed by atoms with Crippen molar-refractivity contribution < 1.29 is 0 Å². The Bertz CT molecular complexity index is 297. The van der Waals surface area contributed by atoms with Crippen LogP contribution in [-0.2, 0) is 5.41 Å². The molecule has 1 aromatic heterocycles. The molecule has 0 unspecified atom stereocenters. The summed E-state index contributed by atoms with van der Waals surface area (Å²) in [5, 5.41) is 0. The molecule has 0 bridgehead atoms. The molecule has 0 aliphatic heterocycles. The molecule has 2 rings (SSSR count). The van der Waals surface area contributed by atoms with E-state index in [1.54, 1.807) is 0 Å². The van der Waals surface area contributed by atoms with E-state index in [0.29, 0.717) is 0 Å². The minimum Gasteiger partial charge on any atom is -0.348 e. The van der Waals surface area contributed by atoms with E-state index in [1.165, 1.54) is 31.4 Å². The van der Waals surface area contributed by atoms with Gasteiger partial charge in [0.1, 0.15) is 0 Å². The van der Waals surface area contributed by atoms with Crippen LogP contribution in [-0.4, -0.2) is 4.57 Å². The molecule has 1 heterocycles. The molecule has 1 heteroatoms. The van der Waals surface area contributed by atoms with Gasteiger partial charge in [0.15, 0.2) is 0 Å². The lowest BCUT2D eigenvalue weighted by atomic mass is 9.92. The summed E-state index contributed by atoms with van der Waals surface area (Å²) in [6.07, 6.45) is 7.82. The topological polar surface area (TPSA) is 4.93 Å². The van der Waals surface area contributed by atoms with Crippen LogP contribution in [0, 0.1) is 0 Å². The van der Waals surface area contributed by atoms with Crippen molar-refractivity contribution in [3.63, 3.8) is 0 Å². The fourth-order valence-corrected chi connectivity index (χ4v) is 2.53. The van der Waals surface area contributed by atoms with Crippen molar-refractivity contribution in [2.75, 3.05) is 0 Å². The summed E-state index contributed by atoms with van der Waals surface area (Å²) >= 11 is 0. The first-order chi connectivity index (χ1) is 6.59. The fraction of sp³-hybridized carbons (Fsp3) is 0.692. The van der Waals surface area contributed by atoms with Crippen molar-refractivity contribution in [1.82, 2.24) is 4.57 Å². The maximum atomic E-state index is 2.51. The quantitative estimate of drug-likeness (QED) is 0.634. The molecule has 1 aliphatic rings. The largest absolute Gasteiger partial charge is 0.348 e. The molecule has 1 aliphatic carbocycles. The molecule has 0 amide bonds. The fourth-order valence-electron chi connectivity index (χ4n) is 2.53. The van der Waals surface area contributed by atoms with Crippen LogP contribution in [0.1, 0.15) is 58.2 Å². The maximum Gasteiger partial charge on any atom is 0.0333 e. The van der Waals surface area contributed by atoms with Gasteiger partial charge in [-0.3, -0.25) is 0 Å². The van der Waals surface area contributed by atoms with Crippen molar-refractivity contribution in [2.24, 2.45) is 0 Å². The molecule has 1 aromatic rings. The van der Waals surface area contributed by atoms with E-state index < -0.39 is 0 Å². The molecule has 0 N–H and O–H groups in total. The van der Waals surface area contributed by atoms with E-state index in [0.717, 1.165) is 6.04 Å². The molecule has 1 nitrogen and oxygen atoms in total. The standard InChI is InChI=1S/C13H21N/c1-13(2,3)12-9-6-10-14(12)11-7-4-5-8-11/h6,9-11H,4-5,7-8H2,1-3H3. The lowest BCUT2D eigenvalue weighted by Gasteiger charge is -2.25. The Hall–Kier alpha value is -0.720. The molecular formula is C13H21N. The van der Waals surface area contributed by atoms with Crippen molar-refractivity contribution in [2.45, 2.75) is 57.9 Å². The Morgan fingerprint density at radius 1 is 1.21 bits per heavy atom. The second-order valence-electron chi connectivity index (χ2n) is 5.49. The van der Waals surface area contributed by atoms with Gasteiger partial charge in [-0.25, -0.2) is 0 Å². The first kappa shape index (κ1) is 9.82. The zero-order chi connectivity index (χ0) is 10.2. The van der Waals surface area contributed by atoms with Crippen LogP contribution in [0.5, 0.6) is 0 Å². The van der Waals surface area contributed by atoms with E-state index in [4.69, 9.17) is 0 Å². The monoisotopic (exact) mass is 191 g/mol. The van der Waals surface area contributed by atoms with Gasteiger partial charge in [-0.05, 0) is 25.0 Å². The summed E-state index contributed by atoms with van der Waals surface area (Å²) in [4.78, 5) is 0. The van der Waals surface area contributed by atoms with Crippen LogP contribution in [0.3, 0.4) is 0 Å². The maximum absolute atomic E-state index is 2.51. The van der Waals surface area contributed by atoms with E-state index in [1.807, 2.05) is 0 Å². The molecule has 78 valence electrons. The number of aromatic nitrogens is 1. The van der Waals surface area contributed by atoms with Crippen LogP contribution < -0.4 is 0 Å². The first-order valence-corrected chi connectivity index (χ1v) is 5.76. The Labute approximate surface area is 87.1 Å². The predicted molar refractivity (Wildman–Crippen MR) is 60.6 cm³/mol. The van der Waals surface area contributed by atoms with Gasteiger partial charge in [0.25, 0.3) is 0 Å². The lowest BCUT2D eigenvalue weighted by Crippen LogP contribution is -2.19. The SMILES string of the molecule is CC(C)(C)c1cccn1C1CCCC1. The van der Waals surface area contributed by atoms with Crippen LogP contribution >= 0.6 is 0 Å². The molecule has 1 saturated carbocycles. The van der Waals surface area contributed by atoms with Crippen LogP contribution in [0.25, 0.3) is 0 Å². The molecule has 0 saturated heterocycles. The summed E-state index contributed by atoms with van der Waals surface area (Å²) in [6.45, 7) is 6.90. The first-order valence-electron chi connectivity index (χ1n) is 5.76. The minimum absolute atomic E-state index is 0.284. The number of hydrogen-bond donors (Lipinski definition) is 0. The zero-order valence-electron chi connectivity index (χ0n) is 9.59. The summed E-state index contributed by atoms with van der Waals surface area (Å²) in [6, 6.07) is 5.25. The summed E-state index contributed by atoms with van der Waals surface area (Å²) < 4.78 is 2.51. The average molecular weight is 191 g/mol. The smallest absolute Gasteiger partial charge is 0.0333 e. The van der Waals surface area contributed by atoms with E-state index >= 15 is 0 Å². The molecule has 0 spiro atoms. The van der Waals surface area contributed by atoms with E-state index in [2.05, 4.69) is 43.7 Å². The molecule has 0 aromatic carbocycles. The van der Waals surface area contributed by atoms with Gasteiger partial charge in [-0.15, -0.1) is 0 Å². The van der Waals surface area contributed by atoms with Gasteiger partial charge < -0.3 is 4.57 Å². The summed E-state index contributed by atoms with van der Waals surface area (Å²) in [7, 11) is 0. The third-order valence-electron chi connectivity index (χ3n) is 3.27. The molecule has 1 fully saturated rings. The highest BCUT2D eigenvalue weighted by atomic mass is 15.0. The van der Waals surface area contributed by atoms with Crippen molar-refractivity contribution >= 4 is 0 Å². The molecule has 14 heavy (non-hydrogen) atoms. The Morgan fingerprint density at radius 3 is 2.43 bits per heavy atom. The normalized spacial score (nSPS) is 19.1. The number of nitrogens with zero attached hydrogens (tertiary/aromatic N) is 1. The van der Waals surface area contributed by atoms with Gasteiger partial charge in [0, 0.05) is 23.3 Å². The van der Waals surface area contributed by atoms with Crippen molar-refractivity contribution in [3.8, 4) is 0 Å². The van der Waals surface area contributed by atoms with Crippen LogP contribution in [0.2, 0.25) is 0 Å². The van der Waals surface area contributed by atoms with Crippen LogP contribution in [0.15, 0.2) is 18.3 Å². The predicted octanol–water partition coefficient (Wildman–Crippen LogP) is 3.90. The number of hydrogen-bond acceptors (Lipinski definition) is 0. The van der Waals surface area contributed by atoms with Crippen molar-refractivity contribution in [3.05, 3.63) is 24.0 Å². The van der Waals surface area contributed by atoms with Gasteiger partial charge >= 0.3 is 0 Å². The van der Waals surface area contributed by atoms with E-state index in [9.17, 15) is 0 Å². The highest BCUT2D eigenvalue weighted by Gasteiger charge is 2.23. The van der Waals surface area contributed by atoms with E-state index in [-0.39, 0.29) is 5.41 Å². The lowest BCUT2D eigenvalue weighted by molar-refractivity contribution is 0.449. The molecule has 0 radical (unpaired) electrons. The highest BCUT2D eigenvalue weighted by Crippen LogP contribution is 2.34. The Morgan fingerprint density at radius 2 is 1.86 bits per heavy atom. The highest BCUT2D eigenvalue weighted by molar-refractivity contribution is 5.17. The summed E-state index contributed by atoms with van der Waals surface area (Å²) in [5.74, 6) is 0. The summed E-state index contributed by atoms with van der Waals surface area (Å²) in [5.41, 5.74) is 1.77. The third kappa shape index (κ3) is 1.73. The van der Waals surface area contributed by atoms with Gasteiger partial charge in [0.05, 0.1) is 0 Å². The zero-order valence-corrected chi connectivity index (χ0v) is 9.59. The number of rotatable bonds is 1. The Balaban J connectivity index is 2.29. The van der Waals surface area contributed by atoms with Gasteiger partial charge in [-0.1, -0.05) is 33.6 Å². The van der Waals surface area contributed by atoms with Crippen molar-refractivity contribution in [1.29, 1.82) is 0 Å². The van der Waals surface area contributed by atoms with Gasteiger partial charge in [0.2, 0.25) is 0 Å².